The number of nitrogens with one attached hydrogen (secondary N) is 1. The lowest BCUT2D eigenvalue weighted by Crippen LogP contribution is -2.22. The molecule has 5 nitrogen and oxygen atoms in total. The van der Waals surface area contributed by atoms with Gasteiger partial charge in [-0.05, 0) is 6.92 Å². The third kappa shape index (κ3) is 2.90. The summed E-state index contributed by atoms with van der Waals surface area (Å²) in [6.45, 7) is 1.40. The highest BCUT2D eigenvalue weighted by Crippen LogP contribution is 2.13. The van der Waals surface area contributed by atoms with Gasteiger partial charge in [-0.3, -0.25) is 14.7 Å². The molecule has 0 saturated carbocycles. The molecular weight excluding hydrogens is 210 g/mol. The van der Waals surface area contributed by atoms with Crippen LogP contribution in [0.3, 0.4) is 0 Å². The van der Waals surface area contributed by atoms with Gasteiger partial charge in [-0.25, -0.2) is 13.5 Å². The molecule has 0 aromatic carbocycles. The van der Waals surface area contributed by atoms with Crippen LogP contribution in [0.15, 0.2) is 10.9 Å². The lowest BCUT2D eigenvalue weighted by Gasteiger charge is -2.01. The summed E-state index contributed by atoms with van der Waals surface area (Å²) in [6, 6.07) is 0.754. The number of alkyl halides is 2. The molecule has 1 aromatic rings. The lowest BCUT2D eigenvalue weighted by molar-refractivity contribution is -0.144. The van der Waals surface area contributed by atoms with E-state index in [-0.39, 0.29) is 13.2 Å². The van der Waals surface area contributed by atoms with Crippen LogP contribution in [0.25, 0.3) is 0 Å². The highest BCUT2D eigenvalue weighted by Gasteiger charge is 2.14. The number of nitrogens with zero attached hydrogens (tertiary/aromatic N) is 1. The summed E-state index contributed by atoms with van der Waals surface area (Å²) in [6.07, 6.45) is -2.76. The first-order chi connectivity index (χ1) is 7.04. The Labute approximate surface area is 83.6 Å². The van der Waals surface area contributed by atoms with Crippen LogP contribution in [0.4, 0.5) is 8.78 Å². The number of carbonyl (C=O) groups is 1. The third-order valence-corrected chi connectivity index (χ3v) is 1.64. The molecule has 1 heterocycles. The average Bonchev–Trinajstić information content (AvgIpc) is 2.48. The predicted molar refractivity (Wildman–Crippen MR) is 46.6 cm³/mol. The fourth-order valence-corrected chi connectivity index (χ4v) is 1.02. The van der Waals surface area contributed by atoms with Gasteiger partial charge in [0.05, 0.1) is 6.61 Å². The number of esters is 1. The maximum Gasteiger partial charge on any atom is 0.327 e. The number of ether oxygens (including phenoxy) is 1. The Morgan fingerprint density at radius 1 is 1.67 bits per heavy atom. The first kappa shape index (κ1) is 11.4. The molecule has 1 aromatic heterocycles. The monoisotopic (exact) mass is 220 g/mol. The first-order valence-electron chi connectivity index (χ1n) is 4.28. The molecule has 0 aliphatic rings. The van der Waals surface area contributed by atoms with E-state index in [1.165, 1.54) is 0 Å². The van der Waals surface area contributed by atoms with Gasteiger partial charge in [0.2, 0.25) is 0 Å². The van der Waals surface area contributed by atoms with Crippen molar-refractivity contribution in [2.24, 2.45) is 0 Å². The topological polar surface area (TPSA) is 64.1 Å². The van der Waals surface area contributed by atoms with Crippen molar-refractivity contribution in [1.29, 1.82) is 0 Å². The number of hydrogen-bond acceptors (Lipinski definition) is 3. The lowest BCUT2D eigenvalue weighted by atomic mass is 10.5. The van der Waals surface area contributed by atoms with E-state index >= 15 is 0 Å². The van der Waals surface area contributed by atoms with E-state index in [4.69, 9.17) is 0 Å². The number of aromatic nitrogens is 2. The fraction of sp³-hybridized carbons (Fsp3) is 0.500. The second-order valence-electron chi connectivity index (χ2n) is 2.74. The smallest absolute Gasteiger partial charge is 0.327 e. The van der Waals surface area contributed by atoms with Crippen molar-refractivity contribution < 1.29 is 18.3 Å². The van der Waals surface area contributed by atoms with Gasteiger partial charge in [0.1, 0.15) is 12.2 Å². The highest BCUT2D eigenvalue weighted by molar-refractivity contribution is 5.68. The van der Waals surface area contributed by atoms with E-state index in [2.05, 4.69) is 9.84 Å². The van der Waals surface area contributed by atoms with Gasteiger partial charge in [-0.2, -0.15) is 0 Å². The summed E-state index contributed by atoms with van der Waals surface area (Å²) in [5, 5.41) is 2.12. The average molecular weight is 220 g/mol. The Bertz CT molecular complexity index is 397. The Kier molecular flexibility index (Phi) is 3.59. The van der Waals surface area contributed by atoms with E-state index in [1.54, 1.807) is 6.92 Å². The molecule has 0 amide bonds. The molecule has 0 fully saturated rings. The fourth-order valence-electron chi connectivity index (χ4n) is 1.02. The number of aromatic amines is 1. The Morgan fingerprint density at radius 3 is 2.80 bits per heavy atom. The van der Waals surface area contributed by atoms with Gasteiger partial charge < -0.3 is 4.74 Å². The molecule has 15 heavy (non-hydrogen) atoms. The van der Waals surface area contributed by atoms with E-state index in [0.717, 1.165) is 10.7 Å². The van der Waals surface area contributed by atoms with Crippen LogP contribution < -0.4 is 5.56 Å². The molecule has 1 N–H and O–H groups in total. The van der Waals surface area contributed by atoms with E-state index in [1.807, 2.05) is 0 Å². The molecule has 7 heteroatoms. The van der Waals surface area contributed by atoms with Crippen molar-refractivity contribution in [3.05, 3.63) is 22.1 Å². The van der Waals surface area contributed by atoms with Crippen molar-refractivity contribution in [3.63, 3.8) is 0 Å². The molecule has 0 radical (unpaired) electrons. The van der Waals surface area contributed by atoms with Crippen LogP contribution in [0.5, 0.6) is 0 Å². The van der Waals surface area contributed by atoms with Crippen LogP contribution >= 0.6 is 0 Å². The van der Waals surface area contributed by atoms with Crippen LogP contribution in [0.1, 0.15) is 19.0 Å². The van der Waals surface area contributed by atoms with Gasteiger partial charge in [-0.1, -0.05) is 0 Å². The minimum atomic E-state index is -2.76. The van der Waals surface area contributed by atoms with Crippen molar-refractivity contribution >= 4 is 5.97 Å². The Balaban J connectivity index is 2.78. The summed E-state index contributed by atoms with van der Waals surface area (Å²) < 4.78 is 29.6. The zero-order chi connectivity index (χ0) is 11.4. The van der Waals surface area contributed by atoms with Gasteiger partial charge >= 0.3 is 5.97 Å². The summed E-state index contributed by atoms with van der Waals surface area (Å²) in [5.74, 6) is -0.651. The normalized spacial score (nSPS) is 10.7. The molecule has 0 saturated heterocycles. The highest BCUT2D eigenvalue weighted by atomic mass is 19.3. The zero-order valence-corrected chi connectivity index (χ0v) is 8.00. The van der Waals surface area contributed by atoms with E-state index in [9.17, 15) is 18.4 Å². The number of H-pyrrole nitrogens is 1. The summed E-state index contributed by atoms with van der Waals surface area (Å²) >= 11 is 0. The van der Waals surface area contributed by atoms with Gasteiger partial charge in [0, 0.05) is 6.07 Å². The molecule has 0 aliphatic carbocycles. The molecule has 0 atom stereocenters. The van der Waals surface area contributed by atoms with Crippen molar-refractivity contribution in [3.8, 4) is 0 Å². The number of carbonyl (C=O) groups excluding carboxylic acids is 1. The maximum absolute atomic E-state index is 12.1. The zero-order valence-electron chi connectivity index (χ0n) is 8.00. The van der Waals surface area contributed by atoms with Crippen molar-refractivity contribution in [2.45, 2.75) is 19.9 Å². The number of rotatable bonds is 4. The summed E-state index contributed by atoms with van der Waals surface area (Å²) in [4.78, 5) is 22.0. The SMILES string of the molecule is CCOC(=O)Cn1[nH]c(C(F)F)cc1=O. The largest absolute Gasteiger partial charge is 0.465 e. The second kappa shape index (κ2) is 4.72. The first-order valence-corrected chi connectivity index (χ1v) is 4.28. The van der Waals surface area contributed by atoms with Crippen LogP contribution in [-0.4, -0.2) is 22.4 Å². The minimum absolute atomic E-state index is 0.177. The Hall–Kier alpha value is -1.66. The minimum Gasteiger partial charge on any atom is -0.465 e. The molecule has 1 rings (SSSR count). The Morgan fingerprint density at radius 2 is 2.33 bits per heavy atom. The number of hydrogen-bond donors (Lipinski definition) is 1. The summed E-state index contributed by atoms with van der Waals surface area (Å²) in [5.41, 5.74) is -1.19. The molecule has 0 unspecified atom stereocenters. The standard InChI is InChI=1S/C8H10F2N2O3/c1-2-15-7(14)4-12-6(13)3-5(11-12)8(9)10/h3,8,11H,2,4H2,1H3. The van der Waals surface area contributed by atoms with E-state index < -0.39 is 23.6 Å². The van der Waals surface area contributed by atoms with Crippen molar-refractivity contribution in [1.82, 2.24) is 9.78 Å². The molecule has 0 bridgehead atoms. The van der Waals surface area contributed by atoms with E-state index in [0.29, 0.717) is 0 Å². The van der Waals surface area contributed by atoms with Crippen molar-refractivity contribution in [2.75, 3.05) is 6.61 Å². The number of halogens is 2. The van der Waals surface area contributed by atoms with Crippen LogP contribution in [0.2, 0.25) is 0 Å². The molecule has 84 valence electrons. The summed E-state index contributed by atoms with van der Waals surface area (Å²) in [7, 11) is 0. The molecule has 0 aliphatic heterocycles. The van der Waals surface area contributed by atoms with Gasteiger partial charge in [-0.15, -0.1) is 0 Å². The molecular formula is C8H10F2N2O3. The maximum atomic E-state index is 12.1. The second-order valence-corrected chi connectivity index (χ2v) is 2.74. The molecule has 0 spiro atoms. The van der Waals surface area contributed by atoms with Crippen LogP contribution in [0, 0.1) is 0 Å². The third-order valence-electron chi connectivity index (χ3n) is 1.64. The quantitative estimate of drug-likeness (QED) is 0.759. The van der Waals surface area contributed by atoms with Gasteiger partial charge in [0.15, 0.2) is 0 Å². The predicted octanol–water partition coefficient (Wildman–Crippen LogP) is 0.677. The van der Waals surface area contributed by atoms with Gasteiger partial charge in [0.25, 0.3) is 12.0 Å². The van der Waals surface area contributed by atoms with Crippen LogP contribution in [-0.2, 0) is 16.1 Å².